The molecule has 4 rings (SSSR count). The van der Waals surface area contributed by atoms with Gasteiger partial charge in [-0.05, 0) is 32.9 Å². The van der Waals surface area contributed by atoms with Gasteiger partial charge in [-0.15, -0.1) is 0 Å². The van der Waals surface area contributed by atoms with Crippen LogP contribution in [0.4, 0.5) is 10.2 Å². The Morgan fingerprint density at radius 1 is 1.29 bits per heavy atom. The number of anilines is 1. The molecule has 10 nitrogen and oxygen atoms in total. The maximum atomic E-state index is 14.5. The average Bonchev–Trinajstić information content (AvgIpc) is 2.67. The molecule has 1 aromatic heterocycles. The number of pyridine rings is 1. The molecule has 0 aliphatic heterocycles. The number of nitrogen functional groups attached to an aromatic ring is 1. The lowest BCUT2D eigenvalue weighted by atomic mass is 9.57. The Bertz CT molecular complexity index is 1100. The SMILES string of the molecule is CN(C)[C@@H]1C(O)=C(C(N)=O)C[C@@]2(O)C(=O)C3=C(O)c4c(O)c(N)nc(F)c4C[C@H]3C[C@@H]12. The molecule has 3 aliphatic carbocycles. The van der Waals surface area contributed by atoms with E-state index in [4.69, 9.17) is 11.5 Å². The monoisotopic (exact) mass is 434 g/mol. The quantitative estimate of drug-likeness (QED) is 0.346. The predicted molar refractivity (Wildman–Crippen MR) is 106 cm³/mol. The Hall–Kier alpha value is -3.18. The van der Waals surface area contributed by atoms with Crippen molar-refractivity contribution in [3.05, 3.63) is 34.0 Å². The minimum atomic E-state index is -2.14. The number of rotatable bonds is 2. The molecule has 1 amide bonds. The van der Waals surface area contributed by atoms with Crippen molar-refractivity contribution >= 4 is 23.3 Å². The molecular weight excluding hydrogens is 411 g/mol. The first kappa shape index (κ1) is 21.1. The summed E-state index contributed by atoms with van der Waals surface area (Å²) in [4.78, 5) is 30.4. The van der Waals surface area contributed by atoms with Gasteiger partial charge in [-0.1, -0.05) is 0 Å². The summed E-state index contributed by atoms with van der Waals surface area (Å²) in [6, 6.07) is -0.905. The summed E-state index contributed by atoms with van der Waals surface area (Å²) < 4.78 is 14.5. The van der Waals surface area contributed by atoms with E-state index in [1.54, 1.807) is 19.0 Å². The van der Waals surface area contributed by atoms with Crippen molar-refractivity contribution < 1.29 is 34.4 Å². The summed E-state index contributed by atoms with van der Waals surface area (Å²) in [5, 5.41) is 43.2. The summed E-state index contributed by atoms with van der Waals surface area (Å²) in [6.07, 6.45) is -0.519. The van der Waals surface area contributed by atoms with Gasteiger partial charge in [0.1, 0.15) is 17.1 Å². The van der Waals surface area contributed by atoms with Gasteiger partial charge >= 0.3 is 0 Å². The standard InChI is InChI=1S/C20H23FN4O6/c1-25(2)12-9-4-6-3-7-11(15(28)18(22)24-17(7)21)14(27)10(6)16(29)20(9,31)5-8(13(12)26)19(23)30/h6,9,12,26-28,31H,3-5H2,1-2H3,(H2,22,24)(H2,23,30)/t6-,9-,12-,20-/m0/s1. The van der Waals surface area contributed by atoms with Crippen LogP contribution in [-0.4, -0.2) is 67.7 Å². The topological polar surface area (TPSA) is 183 Å². The number of aliphatic hydroxyl groups is 3. The molecule has 1 heterocycles. The normalized spacial score (nSPS) is 30.2. The number of aromatic hydroxyl groups is 1. The largest absolute Gasteiger partial charge is 0.510 e. The molecule has 166 valence electrons. The number of halogens is 1. The second-order valence-electron chi connectivity index (χ2n) is 8.56. The smallest absolute Gasteiger partial charge is 0.248 e. The van der Waals surface area contributed by atoms with Crippen molar-refractivity contribution in [2.75, 3.05) is 19.8 Å². The van der Waals surface area contributed by atoms with E-state index >= 15 is 0 Å². The zero-order chi connectivity index (χ0) is 23.0. The van der Waals surface area contributed by atoms with Gasteiger partial charge in [-0.2, -0.15) is 9.37 Å². The van der Waals surface area contributed by atoms with Gasteiger partial charge in [0.15, 0.2) is 17.4 Å². The van der Waals surface area contributed by atoms with Crippen LogP contribution >= 0.6 is 0 Å². The summed E-state index contributed by atoms with van der Waals surface area (Å²) in [5.41, 5.74) is 7.84. The van der Waals surface area contributed by atoms with Crippen LogP contribution in [0.15, 0.2) is 16.9 Å². The molecule has 0 bridgehead atoms. The van der Waals surface area contributed by atoms with Crippen LogP contribution in [0.3, 0.4) is 0 Å². The van der Waals surface area contributed by atoms with Gasteiger partial charge in [0, 0.05) is 23.5 Å². The highest BCUT2D eigenvalue weighted by Crippen LogP contribution is 2.53. The second-order valence-corrected chi connectivity index (χ2v) is 8.56. The van der Waals surface area contributed by atoms with Crippen molar-refractivity contribution in [1.29, 1.82) is 0 Å². The number of primary amides is 1. The number of nitrogens with two attached hydrogens (primary N) is 2. The first-order valence-corrected chi connectivity index (χ1v) is 9.65. The van der Waals surface area contributed by atoms with E-state index in [0.717, 1.165) is 0 Å². The number of ketones is 1. The fourth-order valence-corrected chi connectivity index (χ4v) is 5.26. The molecule has 11 heteroatoms. The summed E-state index contributed by atoms with van der Waals surface area (Å²) >= 11 is 0. The number of aromatic nitrogens is 1. The fraction of sp³-hybridized carbons (Fsp3) is 0.450. The van der Waals surface area contributed by atoms with Crippen LogP contribution in [0.2, 0.25) is 0 Å². The predicted octanol–water partition coefficient (Wildman–Crippen LogP) is -0.0987. The summed E-state index contributed by atoms with van der Waals surface area (Å²) in [5.74, 6) is -6.62. The highest BCUT2D eigenvalue weighted by Gasteiger charge is 2.60. The minimum absolute atomic E-state index is 0.0764. The minimum Gasteiger partial charge on any atom is -0.510 e. The third-order valence-electron chi connectivity index (χ3n) is 6.66. The lowest BCUT2D eigenvalue weighted by Gasteiger charge is -2.51. The van der Waals surface area contributed by atoms with Crippen molar-refractivity contribution in [2.24, 2.45) is 17.6 Å². The molecule has 3 aliphatic rings. The van der Waals surface area contributed by atoms with Gasteiger partial charge in [-0.3, -0.25) is 14.5 Å². The maximum Gasteiger partial charge on any atom is 0.248 e. The van der Waals surface area contributed by atoms with Gasteiger partial charge < -0.3 is 31.9 Å². The fourth-order valence-electron chi connectivity index (χ4n) is 5.26. The van der Waals surface area contributed by atoms with Crippen LogP contribution in [0.5, 0.6) is 5.75 Å². The molecule has 1 saturated carbocycles. The Kier molecular flexibility index (Phi) is 4.53. The molecule has 4 atom stereocenters. The first-order chi connectivity index (χ1) is 14.4. The van der Waals surface area contributed by atoms with E-state index in [9.17, 15) is 34.4 Å². The maximum absolute atomic E-state index is 14.5. The highest BCUT2D eigenvalue weighted by molar-refractivity contribution is 6.10. The zero-order valence-electron chi connectivity index (χ0n) is 16.9. The number of carbonyl (C=O) groups is 2. The van der Waals surface area contributed by atoms with E-state index in [2.05, 4.69) is 4.98 Å². The van der Waals surface area contributed by atoms with Gasteiger partial charge in [0.2, 0.25) is 11.9 Å². The molecule has 1 fully saturated rings. The molecule has 0 unspecified atom stereocenters. The molecule has 0 radical (unpaired) electrons. The van der Waals surface area contributed by atoms with Crippen molar-refractivity contribution in [2.45, 2.75) is 30.9 Å². The lowest BCUT2D eigenvalue weighted by molar-refractivity contribution is -0.151. The number of Topliss-reactive ketones (excluding diaryl/α,β-unsaturated/α-hetero) is 1. The number of likely N-dealkylation sites (N-methyl/N-ethyl adjacent to an activating group) is 1. The van der Waals surface area contributed by atoms with Crippen LogP contribution < -0.4 is 11.5 Å². The second kappa shape index (κ2) is 6.66. The molecule has 31 heavy (non-hydrogen) atoms. The van der Waals surface area contributed by atoms with Crippen LogP contribution in [-0.2, 0) is 16.0 Å². The Morgan fingerprint density at radius 3 is 2.52 bits per heavy atom. The van der Waals surface area contributed by atoms with Crippen molar-refractivity contribution in [3.63, 3.8) is 0 Å². The van der Waals surface area contributed by atoms with Crippen molar-refractivity contribution in [3.8, 4) is 5.75 Å². The molecule has 1 aromatic rings. The van der Waals surface area contributed by atoms with E-state index in [1.807, 2.05) is 0 Å². The number of hydrogen-bond donors (Lipinski definition) is 6. The Labute approximate surface area is 176 Å². The number of amides is 1. The summed E-state index contributed by atoms with van der Waals surface area (Å²) in [7, 11) is 3.22. The van der Waals surface area contributed by atoms with E-state index in [-0.39, 0.29) is 40.9 Å². The Morgan fingerprint density at radius 2 is 1.94 bits per heavy atom. The van der Waals surface area contributed by atoms with E-state index < -0.39 is 64.9 Å². The molecule has 8 N–H and O–H groups in total. The summed E-state index contributed by atoms with van der Waals surface area (Å²) in [6.45, 7) is 0. The van der Waals surface area contributed by atoms with Gasteiger partial charge in [0.25, 0.3) is 0 Å². The van der Waals surface area contributed by atoms with Crippen molar-refractivity contribution in [1.82, 2.24) is 9.88 Å². The lowest BCUT2D eigenvalue weighted by Crippen LogP contribution is -2.62. The van der Waals surface area contributed by atoms with Crippen LogP contribution in [0.1, 0.15) is 24.0 Å². The highest BCUT2D eigenvalue weighted by atomic mass is 19.1. The third-order valence-corrected chi connectivity index (χ3v) is 6.66. The number of nitrogens with zero attached hydrogens (tertiary/aromatic N) is 2. The van der Waals surface area contributed by atoms with Crippen LogP contribution in [0, 0.1) is 17.8 Å². The number of hydrogen-bond acceptors (Lipinski definition) is 9. The molecule has 0 spiro atoms. The van der Waals surface area contributed by atoms with E-state index in [0.29, 0.717) is 0 Å². The first-order valence-electron chi connectivity index (χ1n) is 9.65. The van der Waals surface area contributed by atoms with Gasteiger partial charge in [0.05, 0.1) is 17.2 Å². The number of carbonyl (C=O) groups excluding carboxylic acids is 2. The van der Waals surface area contributed by atoms with Gasteiger partial charge in [-0.25, -0.2) is 0 Å². The average molecular weight is 434 g/mol. The molecule has 0 aromatic carbocycles. The third kappa shape index (κ3) is 2.73. The zero-order valence-corrected chi connectivity index (χ0v) is 16.9. The molecular formula is C20H23FN4O6. The van der Waals surface area contributed by atoms with Crippen LogP contribution in [0.25, 0.3) is 5.76 Å². The number of aliphatic hydroxyl groups excluding tert-OH is 2. The number of fused-ring (bicyclic) bond motifs is 3. The van der Waals surface area contributed by atoms with E-state index in [1.165, 1.54) is 0 Å². The Balaban J connectivity index is 1.93. The molecule has 0 saturated heterocycles.